The maximum absolute atomic E-state index is 5.28. The van der Waals surface area contributed by atoms with Crippen LogP contribution in [0.3, 0.4) is 0 Å². The Morgan fingerprint density at radius 3 is 1.56 bits per heavy atom. The topological polar surface area (TPSA) is 43.6 Å². The van der Waals surface area contributed by atoms with E-state index in [9.17, 15) is 0 Å². The van der Waals surface area contributed by atoms with E-state index in [4.69, 9.17) is 15.0 Å². The highest BCUT2D eigenvalue weighted by Gasteiger charge is 2.19. The average Bonchev–Trinajstić information content (AvgIpc) is 3.69. The van der Waals surface area contributed by atoms with Gasteiger partial charge in [0.2, 0.25) is 0 Å². The van der Waals surface area contributed by atoms with E-state index in [1.807, 2.05) is 24.3 Å². The van der Waals surface area contributed by atoms with Gasteiger partial charge < -0.3 is 4.57 Å². The number of aromatic nitrogens is 4. The molecule has 0 saturated carbocycles. The number of hydrogen-bond donors (Lipinski definition) is 0. The van der Waals surface area contributed by atoms with Crippen LogP contribution in [0, 0.1) is 0 Å². The quantitative estimate of drug-likeness (QED) is 0.151. The summed E-state index contributed by atoms with van der Waals surface area (Å²) in [5.41, 5.74) is 15.9. The van der Waals surface area contributed by atoms with Gasteiger partial charge in [-0.2, -0.15) is 0 Å². The van der Waals surface area contributed by atoms with Crippen LogP contribution in [-0.2, 0) is 0 Å². The number of pyridine rings is 1. The molecule has 12 aromatic rings. The summed E-state index contributed by atoms with van der Waals surface area (Å²) in [5, 5.41) is 5.82. The molecule has 0 aliphatic heterocycles. The van der Waals surface area contributed by atoms with Gasteiger partial charge >= 0.3 is 0 Å². The van der Waals surface area contributed by atoms with Crippen molar-refractivity contribution >= 4 is 43.5 Å². The van der Waals surface area contributed by atoms with Crippen LogP contribution in [0.1, 0.15) is 0 Å². The molecule has 4 nitrogen and oxygen atoms in total. The first-order chi connectivity index (χ1) is 31.2. The lowest BCUT2D eigenvalue weighted by Crippen LogP contribution is -1.96. The minimum absolute atomic E-state index is 0.695. The molecule has 0 aliphatic carbocycles. The second-order valence-electron chi connectivity index (χ2n) is 16.0. The van der Waals surface area contributed by atoms with Gasteiger partial charge in [-0.05, 0) is 82.2 Å². The zero-order chi connectivity index (χ0) is 41.7. The Balaban J connectivity index is 1.03. The van der Waals surface area contributed by atoms with Crippen molar-refractivity contribution in [3.8, 4) is 73.1 Å². The van der Waals surface area contributed by atoms with Crippen LogP contribution in [0.25, 0.3) is 117 Å². The van der Waals surface area contributed by atoms with E-state index in [0.29, 0.717) is 5.82 Å². The van der Waals surface area contributed by atoms with E-state index in [2.05, 4.69) is 211 Å². The minimum atomic E-state index is 0.695. The number of para-hydroxylation sites is 2. The summed E-state index contributed by atoms with van der Waals surface area (Å²) >= 11 is 0. The van der Waals surface area contributed by atoms with Crippen LogP contribution in [-0.4, -0.2) is 19.5 Å². The van der Waals surface area contributed by atoms with Gasteiger partial charge in [-0.3, -0.25) is 0 Å². The van der Waals surface area contributed by atoms with Crippen molar-refractivity contribution in [1.29, 1.82) is 0 Å². The molecule has 0 amide bonds. The van der Waals surface area contributed by atoms with Gasteiger partial charge in [0.05, 0.1) is 33.6 Å². The second kappa shape index (κ2) is 15.2. The summed E-state index contributed by atoms with van der Waals surface area (Å²) in [5.74, 6) is 0.695. The SMILES string of the molecule is c1ccc(-c2ccc(-c3cc(-c4cccc(-c5ccc6c(c5)c5cc7c(-c8ccccc8)nc8ccccc8c7cc5n6-c5ccccc5)c4)nc(-c4ccccc4)n3)cc2)cc1. The Labute approximate surface area is 365 Å². The summed E-state index contributed by atoms with van der Waals surface area (Å²) < 4.78 is 2.40. The first-order valence-corrected chi connectivity index (χ1v) is 21.3. The lowest BCUT2D eigenvalue weighted by Gasteiger charge is -2.12. The summed E-state index contributed by atoms with van der Waals surface area (Å²) in [6.45, 7) is 0. The molecule has 0 saturated heterocycles. The molecule has 3 heterocycles. The molecule has 12 rings (SSSR count). The predicted molar refractivity (Wildman–Crippen MR) is 262 cm³/mol. The number of hydrogen-bond acceptors (Lipinski definition) is 3. The van der Waals surface area contributed by atoms with E-state index < -0.39 is 0 Å². The smallest absolute Gasteiger partial charge is 0.160 e. The second-order valence-corrected chi connectivity index (χ2v) is 16.0. The molecule has 0 unspecified atom stereocenters. The van der Waals surface area contributed by atoms with Crippen molar-refractivity contribution in [2.75, 3.05) is 0 Å². The van der Waals surface area contributed by atoms with E-state index in [1.165, 1.54) is 27.3 Å². The van der Waals surface area contributed by atoms with Crippen LogP contribution in [0.5, 0.6) is 0 Å². The van der Waals surface area contributed by atoms with E-state index >= 15 is 0 Å². The Hall–Kier alpha value is -8.47. The third-order valence-electron chi connectivity index (χ3n) is 12.2. The predicted octanol–water partition coefficient (Wildman–Crippen LogP) is 15.3. The van der Waals surface area contributed by atoms with Crippen LogP contribution < -0.4 is 0 Å². The van der Waals surface area contributed by atoms with Crippen LogP contribution in [0.2, 0.25) is 0 Å². The number of rotatable bonds is 7. The Bertz CT molecular complexity index is 3640. The maximum Gasteiger partial charge on any atom is 0.160 e. The molecule has 0 radical (unpaired) electrons. The van der Waals surface area contributed by atoms with Crippen molar-refractivity contribution in [1.82, 2.24) is 19.5 Å². The normalized spacial score (nSPS) is 11.5. The molecule has 0 N–H and O–H groups in total. The molecule has 0 bridgehead atoms. The van der Waals surface area contributed by atoms with Gasteiger partial charge in [-0.1, -0.05) is 176 Å². The van der Waals surface area contributed by atoms with Gasteiger partial charge in [0, 0.05) is 49.5 Å². The first-order valence-electron chi connectivity index (χ1n) is 21.3. The first kappa shape index (κ1) is 36.4. The monoisotopic (exact) mass is 802 g/mol. The zero-order valence-electron chi connectivity index (χ0n) is 34.2. The van der Waals surface area contributed by atoms with Gasteiger partial charge in [0.25, 0.3) is 0 Å². The molecular weight excluding hydrogens is 765 g/mol. The molecular formula is C59H38N4. The Morgan fingerprint density at radius 2 is 0.810 bits per heavy atom. The Morgan fingerprint density at radius 1 is 0.270 bits per heavy atom. The Kier molecular flexibility index (Phi) is 8.79. The van der Waals surface area contributed by atoms with Crippen molar-refractivity contribution in [3.63, 3.8) is 0 Å². The van der Waals surface area contributed by atoms with Crippen molar-refractivity contribution in [3.05, 3.63) is 231 Å². The lowest BCUT2D eigenvalue weighted by molar-refractivity contribution is 1.18. The molecule has 294 valence electrons. The zero-order valence-corrected chi connectivity index (χ0v) is 34.2. The number of fused-ring (bicyclic) bond motifs is 6. The van der Waals surface area contributed by atoms with Crippen LogP contribution in [0.15, 0.2) is 231 Å². The highest BCUT2D eigenvalue weighted by molar-refractivity contribution is 6.20. The van der Waals surface area contributed by atoms with Crippen LogP contribution in [0.4, 0.5) is 0 Å². The molecule has 3 aromatic heterocycles. The fourth-order valence-corrected chi connectivity index (χ4v) is 9.10. The molecule has 0 spiro atoms. The van der Waals surface area contributed by atoms with Gasteiger partial charge in [-0.25, -0.2) is 15.0 Å². The average molecular weight is 803 g/mol. The van der Waals surface area contributed by atoms with Crippen molar-refractivity contribution in [2.24, 2.45) is 0 Å². The highest BCUT2D eigenvalue weighted by atomic mass is 15.0. The molecule has 0 fully saturated rings. The standard InChI is InChI=1S/C59H38N4/c1-5-16-39(17-6-1)40-28-30-41(31-29-40)54-38-55(62-59(61-54)43-20-9-3-10-21-43)46-23-15-22-44(34-46)45-32-33-56-50(35-45)51-36-52-49(37-57(51)63(56)47-24-11-4-12-25-47)48-26-13-14-27-53(48)60-58(52)42-18-7-2-8-19-42/h1-38H. The van der Waals surface area contributed by atoms with Crippen molar-refractivity contribution in [2.45, 2.75) is 0 Å². The number of benzene rings is 9. The molecule has 9 aromatic carbocycles. The summed E-state index contributed by atoms with van der Waals surface area (Å²) in [7, 11) is 0. The van der Waals surface area contributed by atoms with Crippen molar-refractivity contribution < 1.29 is 0 Å². The van der Waals surface area contributed by atoms with E-state index in [0.717, 1.165) is 83.5 Å². The maximum atomic E-state index is 5.28. The highest BCUT2D eigenvalue weighted by Crippen LogP contribution is 2.41. The third kappa shape index (κ3) is 6.53. The third-order valence-corrected chi connectivity index (χ3v) is 12.2. The van der Waals surface area contributed by atoms with Gasteiger partial charge in [-0.15, -0.1) is 0 Å². The van der Waals surface area contributed by atoms with E-state index in [1.54, 1.807) is 0 Å². The largest absolute Gasteiger partial charge is 0.309 e. The van der Waals surface area contributed by atoms with E-state index in [-0.39, 0.29) is 0 Å². The summed E-state index contributed by atoms with van der Waals surface area (Å²) in [4.78, 5) is 15.6. The van der Waals surface area contributed by atoms with Crippen LogP contribution >= 0.6 is 0 Å². The van der Waals surface area contributed by atoms with Gasteiger partial charge in [0.1, 0.15) is 0 Å². The number of nitrogens with zero attached hydrogens (tertiary/aromatic N) is 4. The molecule has 0 aliphatic rings. The minimum Gasteiger partial charge on any atom is -0.309 e. The molecule has 0 atom stereocenters. The lowest BCUT2D eigenvalue weighted by atomic mass is 9.96. The molecule has 4 heteroatoms. The fourth-order valence-electron chi connectivity index (χ4n) is 9.10. The molecule has 63 heavy (non-hydrogen) atoms. The fraction of sp³-hybridized carbons (Fsp3) is 0. The summed E-state index contributed by atoms with van der Waals surface area (Å²) in [6.07, 6.45) is 0. The van der Waals surface area contributed by atoms with Gasteiger partial charge in [0.15, 0.2) is 5.82 Å². The summed E-state index contributed by atoms with van der Waals surface area (Å²) in [6, 6.07) is 81.6.